The van der Waals surface area contributed by atoms with Crippen LogP contribution in [0.3, 0.4) is 0 Å². The van der Waals surface area contributed by atoms with Gasteiger partial charge in [0, 0.05) is 19.6 Å². The Balaban J connectivity index is 1.79. The third-order valence-electron chi connectivity index (χ3n) is 3.40. The minimum absolute atomic E-state index is 0.0875. The normalized spacial score (nSPS) is 14.6. The van der Waals surface area contributed by atoms with Gasteiger partial charge in [0.1, 0.15) is 23.5 Å². The van der Waals surface area contributed by atoms with Crippen LogP contribution in [0.5, 0.6) is 5.75 Å². The van der Waals surface area contributed by atoms with Crippen LogP contribution in [0.15, 0.2) is 29.8 Å². The number of rotatable bonds is 6. The van der Waals surface area contributed by atoms with Gasteiger partial charge < -0.3 is 9.47 Å². The van der Waals surface area contributed by atoms with Gasteiger partial charge in [0.25, 0.3) is 0 Å². The Bertz CT molecular complexity index is 577. The predicted molar refractivity (Wildman–Crippen MR) is 83.0 cm³/mol. The van der Waals surface area contributed by atoms with E-state index in [-0.39, 0.29) is 5.57 Å². The van der Waals surface area contributed by atoms with Crippen molar-refractivity contribution in [1.29, 1.82) is 10.5 Å². The minimum Gasteiger partial charge on any atom is -0.494 e. The average Bonchev–Trinajstić information content (AvgIpc) is 2.58. The zero-order valence-corrected chi connectivity index (χ0v) is 12.5. The Morgan fingerprint density at radius 3 is 2.77 bits per heavy atom. The van der Waals surface area contributed by atoms with Gasteiger partial charge in [-0.05, 0) is 30.2 Å². The summed E-state index contributed by atoms with van der Waals surface area (Å²) in [7, 11) is 0. The summed E-state index contributed by atoms with van der Waals surface area (Å²) in [6, 6.07) is 11.1. The molecule has 0 unspecified atom stereocenters. The molecule has 0 bridgehead atoms. The van der Waals surface area contributed by atoms with Crippen LogP contribution in [0.25, 0.3) is 6.08 Å². The van der Waals surface area contributed by atoms with Crippen LogP contribution in [0, 0.1) is 22.7 Å². The summed E-state index contributed by atoms with van der Waals surface area (Å²) in [5.74, 6) is 0.756. The summed E-state index contributed by atoms with van der Waals surface area (Å²) in [5.41, 5.74) is 0.883. The van der Waals surface area contributed by atoms with E-state index in [1.54, 1.807) is 6.08 Å². The number of hydrogen-bond donors (Lipinski definition) is 0. The molecule has 0 radical (unpaired) electrons. The first-order chi connectivity index (χ1) is 10.8. The highest BCUT2D eigenvalue weighted by atomic mass is 16.5. The molecule has 114 valence electrons. The Morgan fingerprint density at radius 1 is 1.27 bits per heavy atom. The third-order valence-corrected chi connectivity index (χ3v) is 3.40. The molecule has 0 aliphatic carbocycles. The molecule has 0 saturated carbocycles. The van der Waals surface area contributed by atoms with Crippen LogP contribution in [0.4, 0.5) is 0 Å². The van der Waals surface area contributed by atoms with Gasteiger partial charge in [0.2, 0.25) is 0 Å². The molecule has 1 heterocycles. The maximum absolute atomic E-state index is 8.77. The molecule has 1 saturated heterocycles. The van der Waals surface area contributed by atoms with Crippen molar-refractivity contribution in [2.75, 3.05) is 39.5 Å². The topological polar surface area (TPSA) is 69.3 Å². The van der Waals surface area contributed by atoms with Gasteiger partial charge in [-0.3, -0.25) is 4.90 Å². The minimum atomic E-state index is 0.0875. The highest BCUT2D eigenvalue weighted by Gasteiger charge is 2.09. The van der Waals surface area contributed by atoms with Gasteiger partial charge in [-0.2, -0.15) is 10.5 Å². The van der Waals surface area contributed by atoms with E-state index in [0.29, 0.717) is 6.61 Å². The summed E-state index contributed by atoms with van der Waals surface area (Å²) in [4.78, 5) is 2.37. The van der Waals surface area contributed by atoms with Crippen molar-refractivity contribution in [1.82, 2.24) is 4.90 Å². The van der Waals surface area contributed by atoms with Crippen LogP contribution < -0.4 is 4.74 Å². The van der Waals surface area contributed by atoms with E-state index >= 15 is 0 Å². The van der Waals surface area contributed by atoms with E-state index in [0.717, 1.165) is 50.6 Å². The van der Waals surface area contributed by atoms with E-state index in [1.807, 2.05) is 36.4 Å². The predicted octanol–water partition coefficient (Wildman–Crippen LogP) is 2.22. The van der Waals surface area contributed by atoms with E-state index in [1.165, 1.54) is 0 Å². The SMILES string of the molecule is N#CC(C#N)=Cc1cccc(OCCCN2CCOCC2)c1. The lowest BCUT2D eigenvalue weighted by Crippen LogP contribution is -2.37. The van der Waals surface area contributed by atoms with Gasteiger partial charge in [-0.1, -0.05) is 12.1 Å². The van der Waals surface area contributed by atoms with Crippen molar-refractivity contribution < 1.29 is 9.47 Å². The number of nitrogens with zero attached hydrogens (tertiary/aromatic N) is 3. The Morgan fingerprint density at radius 2 is 2.05 bits per heavy atom. The van der Waals surface area contributed by atoms with Gasteiger partial charge in [0.15, 0.2) is 0 Å². The quantitative estimate of drug-likeness (QED) is 0.595. The average molecular weight is 297 g/mol. The molecule has 5 nitrogen and oxygen atoms in total. The fourth-order valence-electron chi connectivity index (χ4n) is 2.25. The second-order valence-electron chi connectivity index (χ2n) is 5.01. The largest absolute Gasteiger partial charge is 0.494 e. The van der Waals surface area contributed by atoms with Gasteiger partial charge in [-0.25, -0.2) is 0 Å². The van der Waals surface area contributed by atoms with Crippen molar-refractivity contribution in [3.8, 4) is 17.9 Å². The van der Waals surface area contributed by atoms with Crippen molar-refractivity contribution in [3.05, 3.63) is 35.4 Å². The van der Waals surface area contributed by atoms with E-state index in [9.17, 15) is 0 Å². The maximum Gasteiger partial charge on any atom is 0.130 e. The molecule has 1 aliphatic heterocycles. The van der Waals surface area contributed by atoms with Crippen molar-refractivity contribution in [2.45, 2.75) is 6.42 Å². The first kappa shape index (κ1) is 16.0. The summed E-state index contributed by atoms with van der Waals surface area (Å²) in [6.07, 6.45) is 2.52. The van der Waals surface area contributed by atoms with Gasteiger partial charge in [-0.15, -0.1) is 0 Å². The summed E-state index contributed by atoms with van der Waals surface area (Å²) >= 11 is 0. The number of nitriles is 2. The lowest BCUT2D eigenvalue weighted by molar-refractivity contribution is 0.0358. The van der Waals surface area contributed by atoms with Gasteiger partial charge in [0.05, 0.1) is 19.8 Å². The monoisotopic (exact) mass is 297 g/mol. The zero-order valence-electron chi connectivity index (χ0n) is 12.5. The first-order valence-electron chi connectivity index (χ1n) is 7.36. The molecule has 5 heteroatoms. The number of benzene rings is 1. The number of ether oxygens (including phenoxy) is 2. The molecule has 0 atom stereocenters. The van der Waals surface area contributed by atoms with Crippen molar-refractivity contribution >= 4 is 6.08 Å². The number of morpholine rings is 1. The second kappa shape index (κ2) is 8.84. The van der Waals surface area contributed by atoms with E-state index < -0.39 is 0 Å². The second-order valence-corrected chi connectivity index (χ2v) is 5.01. The highest BCUT2D eigenvalue weighted by molar-refractivity contribution is 5.62. The van der Waals surface area contributed by atoms with E-state index in [2.05, 4.69) is 4.90 Å². The first-order valence-corrected chi connectivity index (χ1v) is 7.36. The third kappa shape index (κ3) is 5.21. The fourth-order valence-corrected chi connectivity index (χ4v) is 2.25. The molecule has 1 aliphatic rings. The van der Waals surface area contributed by atoms with Crippen LogP contribution in [-0.4, -0.2) is 44.4 Å². The standard InChI is InChI=1S/C17H19N3O2/c18-13-16(14-19)11-15-3-1-4-17(12-15)22-8-2-5-20-6-9-21-10-7-20/h1,3-4,11-12H,2,5-10H2. The summed E-state index contributed by atoms with van der Waals surface area (Å²) in [5, 5.41) is 17.5. The molecule has 1 fully saturated rings. The molecule has 0 aromatic heterocycles. The Kier molecular flexibility index (Phi) is 6.44. The molecule has 1 aromatic carbocycles. The molecule has 0 spiro atoms. The molecular weight excluding hydrogens is 278 g/mol. The maximum atomic E-state index is 8.77. The zero-order chi connectivity index (χ0) is 15.6. The number of allylic oxidation sites excluding steroid dienone is 1. The molecule has 2 rings (SSSR count). The fraction of sp³-hybridized carbons (Fsp3) is 0.412. The number of hydrogen-bond acceptors (Lipinski definition) is 5. The van der Waals surface area contributed by atoms with Crippen LogP contribution >= 0.6 is 0 Å². The molecular formula is C17H19N3O2. The summed E-state index contributed by atoms with van der Waals surface area (Å²) < 4.78 is 11.0. The van der Waals surface area contributed by atoms with Crippen LogP contribution in [0.1, 0.15) is 12.0 Å². The van der Waals surface area contributed by atoms with Crippen LogP contribution in [0.2, 0.25) is 0 Å². The molecule has 22 heavy (non-hydrogen) atoms. The molecule has 0 amide bonds. The molecule has 1 aromatic rings. The highest BCUT2D eigenvalue weighted by Crippen LogP contribution is 2.16. The lowest BCUT2D eigenvalue weighted by Gasteiger charge is -2.26. The van der Waals surface area contributed by atoms with E-state index in [4.69, 9.17) is 20.0 Å². The lowest BCUT2D eigenvalue weighted by atomic mass is 10.1. The smallest absolute Gasteiger partial charge is 0.130 e. The van der Waals surface area contributed by atoms with Crippen molar-refractivity contribution in [2.24, 2.45) is 0 Å². The Hall–Kier alpha value is -2.34. The Labute approximate surface area is 131 Å². The van der Waals surface area contributed by atoms with Gasteiger partial charge >= 0.3 is 0 Å². The van der Waals surface area contributed by atoms with Crippen molar-refractivity contribution in [3.63, 3.8) is 0 Å². The molecule has 0 N–H and O–H groups in total. The summed E-state index contributed by atoms with van der Waals surface area (Å²) in [6.45, 7) is 5.27. The van der Waals surface area contributed by atoms with Crippen LogP contribution in [-0.2, 0) is 4.74 Å².